The summed E-state index contributed by atoms with van der Waals surface area (Å²) < 4.78 is 22.7. The number of carbonyl (C=O) groups excluding carboxylic acids is 1. The molecule has 0 radical (unpaired) electrons. The maximum Gasteiger partial charge on any atom is 0.349 e. The van der Waals surface area contributed by atoms with Crippen molar-refractivity contribution in [2.45, 2.75) is 39.7 Å². The van der Waals surface area contributed by atoms with Gasteiger partial charge in [-0.3, -0.25) is 0 Å². The first-order chi connectivity index (χ1) is 18.3. The van der Waals surface area contributed by atoms with Crippen molar-refractivity contribution in [2.75, 3.05) is 13.2 Å². The fraction of sp³-hybridized carbons (Fsp3) is 0.250. The number of hydrogen-bond acceptors (Lipinski definition) is 6. The Balaban J connectivity index is 1.34. The van der Waals surface area contributed by atoms with Crippen molar-refractivity contribution in [1.29, 1.82) is 0 Å². The average molecular weight is 510 g/mol. The highest BCUT2D eigenvalue weighted by Crippen LogP contribution is 2.25. The van der Waals surface area contributed by atoms with Gasteiger partial charge in [-0.2, -0.15) is 0 Å². The van der Waals surface area contributed by atoms with E-state index in [9.17, 15) is 4.79 Å². The molecule has 0 N–H and O–H groups in total. The summed E-state index contributed by atoms with van der Waals surface area (Å²) in [7, 11) is 0. The van der Waals surface area contributed by atoms with Crippen LogP contribution in [0.25, 0.3) is 11.5 Å². The molecule has 0 aliphatic carbocycles. The molecule has 0 spiro atoms. The van der Waals surface area contributed by atoms with E-state index in [-0.39, 0.29) is 0 Å². The van der Waals surface area contributed by atoms with Crippen molar-refractivity contribution in [2.24, 2.45) is 0 Å². The standard InChI is InChI=1S/C32H31NO5/c1-5-35-31(34)32(3,4)38-28-18-16-27(17-19-28)36-21-20-29-23(2)37-30(33-29)26-13-9-12-25(22-26)15-14-24-10-7-6-8-11-24/h6-13,16-19,22H,5,20-21H2,1-4H3. The Morgan fingerprint density at radius 2 is 1.61 bits per heavy atom. The van der Waals surface area contributed by atoms with E-state index in [1.54, 1.807) is 45.0 Å². The molecule has 4 rings (SSSR count). The van der Waals surface area contributed by atoms with Gasteiger partial charge in [0.15, 0.2) is 5.60 Å². The van der Waals surface area contributed by atoms with Crippen LogP contribution in [0.15, 0.2) is 83.3 Å². The first-order valence-corrected chi connectivity index (χ1v) is 12.6. The Kier molecular flexibility index (Phi) is 8.50. The highest BCUT2D eigenvalue weighted by molar-refractivity contribution is 5.79. The molecule has 38 heavy (non-hydrogen) atoms. The van der Waals surface area contributed by atoms with Gasteiger partial charge in [0.05, 0.1) is 18.9 Å². The summed E-state index contributed by atoms with van der Waals surface area (Å²) in [5.74, 6) is 8.54. The van der Waals surface area contributed by atoms with Gasteiger partial charge in [-0.1, -0.05) is 36.1 Å². The summed E-state index contributed by atoms with van der Waals surface area (Å²) in [6.45, 7) is 7.77. The number of oxazole rings is 1. The van der Waals surface area contributed by atoms with Gasteiger partial charge in [0, 0.05) is 23.1 Å². The molecule has 6 nitrogen and oxygen atoms in total. The number of carbonyl (C=O) groups is 1. The largest absolute Gasteiger partial charge is 0.493 e. The van der Waals surface area contributed by atoms with E-state index in [1.165, 1.54) is 0 Å². The van der Waals surface area contributed by atoms with Gasteiger partial charge in [0.1, 0.15) is 17.3 Å². The second-order valence-electron chi connectivity index (χ2n) is 9.12. The zero-order valence-electron chi connectivity index (χ0n) is 22.1. The van der Waals surface area contributed by atoms with Gasteiger partial charge in [0.25, 0.3) is 0 Å². The van der Waals surface area contributed by atoms with Crippen molar-refractivity contribution in [1.82, 2.24) is 4.98 Å². The van der Waals surface area contributed by atoms with E-state index in [1.807, 2.05) is 61.5 Å². The number of esters is 1. The van der Waals surface area contributed by atoms with Crippen molar-refractivity contribution < 1.29 is 23.4 Å². The highest BCUT2D eigenvalue weighted by atomic mass is 16.6. The van der Waals surface area contributed by atoms with Crippen molar-refractivity contribution >= 4 is 5.97 Å². The van der Waals surface area contributed by atoms with Crippen LogP contribution in [0.3, 0.4) is 0 Å². The predicted octanol–water partition coefficient (Wildman–Crippen LogP) is 6.39. The van der Waals surface area contributed by atoms with E-state index in [4.69, 9.17) is 23.6 Å². The van der Waals surface area contributed by atoms with Gasteiger partial charge in [-0.05, 0) is 82.3 Å². The quantitative estimate of drug-likeness (QED) is 0.192. The number of ether oxygens (including phenoxy) is 3. The molecule has 6 heteroatoms. The zero-order chi connectivity index (χ0) is 27.0. The van der Waals surface area contributed by atoms with Gasteiger partial charge < -0.3 is 18.6 Å². The first-order valence-electron chi connectivity index (χ1n) is 12.6. The van der Waals surface area contributed by atoms with Crippen molar-refractivity contribution in [3.63, 3.8) is 0 Å². The number of rotatable bonds is 9. The number of benzene rings is 3. The lowest BCUT2D eigenvalue weighted by molar-refractivity contribution is -0.158. The Morgan fingerprint density at radius 3 is 2.34 bits per heavy atom. The van der Waals surface area contributed by atoms with Crippen LogP contribution in [0, 0.1) is 18.8 Å². The van der Waals surface area contributed by atoms with Crippen LogP contribution in [0.4, 0.5) is 0 Å². The van der Waals surface area contributed by atoms with Gasteiger partial charge in [0.2, 0.25) is 5.89 Å². The second kappa shape index (κ2) is 12.2. The highest BCUT2D eigenvalue weighted by Gasteiger charge is 2.31. The molecule has 0 atom stereocenters. The molecule has 1 aromatic heterocycles. The van der Waals surface area contributed by atoms with E-state index in [0.29, 0.717) is 37.0 Å². The van der Waals surface area contributed by atoms with Gasteiger partial charge in [-0.15, -0.1) is 0 Å². The summed E-state index contributed by atoms with van der Waals surface area (Å²) in [4.78, 5) is 16.7. The van der Waals surface area contributed by atoms with E-state index in [0.717, 1.165) is 28.1 Å². The van der Waals surface area contributed by atoms with Crippen molar-refractivity contribution in [3.8, 4) is 34.8 Å². The van der Waals surface area contributed by atoms with Crippen LogP contribution in [-0.2, 0) is 16.0 Å². The topological polar surface area (TPSA) is 70.8 Å². The molecule has 0 aliphatic rings. The molecule has 0 saturated heterocycles. The van der Waals surface area contributed by atoms with Crippen LogP contribution in [0.5, 0.6) is 11.5 Å². The third-order valence-corrected chi connectivity index (χ3v) is 5.70. The van der Waals surface area contributed by atoms with E-state index < -0.39 is 11.6 Å². The Bertz CT molecular complexity index is 1430. The molecule has 0 saturated carbocycles. The van der Waals surface area contributed by atoms with Crippen LogP contribution in [-0.4, -0.2) is 29.8 Å². The summed E-state index contributed by atoms with van der Waals surface area (Å²) in [6, 6.07) is 24.9. The monoisotopic (exact) mass is 509 g/mol. The molecule has 0 fully saturated rings. The fourth-order valence-corrected chi connectivity index (χ4v) is 3.69. The molecule has 0 bridgehead atoms. The number of nitrogens with zero attached hydrogens (tertiary/aromatic N) is 1. The molecule has 194 valence electrons. The third-order valence-electron chi connectivity index (χ3n) is 5.70. The van der Waals surface area contributed by atoms with E-state index in [2.05, 4.69) is 11.8 Å². The maximum absolute atomic E-state index is 12.0. The van der Waals surface area contributed by atoms with Gasteiger partial charge in [-0.25, -0.2) is 9.78 Å². The van der Waals surface area contributed by atoms with E-state index >= 15 is 0 Å². The lowest BCUT2D eigenvalue weighted by atomic mass is 10.1. The smallest absolute Gasteiger partial charge is 0.349 e. The number of aromatic nitrogens is 1. The minimum atomic E-state index is -1.07. The Hall–Kier alpha value is -4.50. The Morgan fingerprint density at radius 1 is 0.921 bits per heavy atom. The first kappa shape index (κ1) is 26.6. The number of aryl methyl sites for hydroxylation is 1. The molecule has 0 aliphatic heterocycles. The third kappa shape index (κ3) is 7.04. The molecule has 4 aromatic rings. The molecule has 1 heterocycles. The minimum absolute atomic E-state index is 0.306. The summed E-state index contributed by atoms with van der Waals surface area (Å²) in [6.07, 6.45) is 0.594. The van der Waals surface area contributed by atoms with Crippen LogP contribution in [0.2, 0.25) is 0 Å². The molecular formula is C32H31NO5. The lowest BCUT2D eigenvalue weighted by Crippen LogP contribution is -2.39. The normalized spacial score (nSPS) is 10.8. The molecule has 0 unspecified atom stereocenters. The molecular weight excluding hydrogens is 478 g/mol. The second-order valence-corrected chi connectivity index (χ2v) is 9.12. The maximum atomic E-state index is 12.0. The molecule has 0 amide bonds. The fourth-order valence-electron chi connectivity index (χ4n) is 3.69. The summed E-state index contributed by atoms with van der Waals surface area (Å²) in [5, 5.41) is 0. The lowest BCUT2D eigenvalue weighted by Gasteiger charge is -2.24. The summed E-state index contributed by atoms with van der Waals surface area (Å²) in [5.41, 5.74) is 2.51. The number of hydrogen-bond donors (Lipinski definition) is 0. The van der Waals surface area contributed by atoms with Crippen LogP contribution in [0.1, 0.15) is 43.4 Å². The zero-order valence-corrected chi connectivity index (χ0v) is 22.1. The SMILES string of the molecule is CCOC(=O)C(C)(C)Oc1ccc(OCCc2nc(-c3cccc(C#Cc4ccccc4)c3)oc2C)cc1. The van der Waals surface area contributed by atoms with Gasteiger partial charge >= 0.3 is 5.97 Å². The van der Waals surface area contributed by atoms with Crippen molar-refractivity contribution in [3.05, 3.63) is 101 Å². The average Bonchev–Trinajstić information content (AvgIpc) is 3.29. The predicted molar refractivity (Wildman–Crippen MR) is 146 cm³/mol. The molecule has 3 aromatic carbocycles. The van der Waals surface area contributed by atoms with Crippen LogP contribution >= 0.6 is 0 Å². The van der Waals surface area contributed by atoms with Crippen LogP contribution < -0.4 is 9.47 Å². The minimum Gasteiger partial charge on any atom is -0.493 e. The Labute approximate surface area is 223 Å². The summed E-state index contributed by atoms with van der Waals surface area (Å²) >= 11 is 0.